The molecule has 162 valence electrons. The minimum atomic E-state index is -0.649. The van der Waals surface area contributed by atoms with E-state index in [-0.39, 0.29) is 30.7 Å². The average molecular weight is 468 g/mol. The summed E-state index contributed by atoms with van der Waals surface area (Å²) in [5, 5.41) is 3.56. The van der Waals surface area contributed by atoms with Crippen LogP contribution in [0.1, 0.15) is 41.1 Å². The molecule has 0 saturated carbocycles. The number of amides is 1. The molecule has 1 atom stereocenters. The van der Waals surface area contributed by atoms with Crippen molar-refractivity contribution in [2.75, 3.05) is 5.32 Å². The molecule has 6 nitrogen and oxygen atoms in total. The van der Waals surface area contributed by atoms with Crippen LogP contribution in [0.2, 0.25) is 0 Å². The Labute approximate surface area is 193 Å². The van der Waals surface area contributed by atoms with Crippen LogP contribution in [-0.4, -0.2) is 26.5 Å². The fourth-order valence-corrected chi connectivity index (χ4v) is 4.54. The van der Waals surface area contributed by atoms with E-state index in [0.717, 1.165) is 30.8 Å². The Kier molecular flexibility index (Phi) is 9.30. The summed E-state index contributed by atoms with van der Waals surface area (Å²) in [5.41, 5.74) is 9.29. The van der Waals surface area contributed by atoms with E-state index in [0.29, 0.717) is 11.6 Å². The number of fused-ring (bicyclic) bond motifs is 1. The molecule has 2 aromatic heterocycles. The van der Waals surface area contributed by atoms with Gasteiger partial charge in [0.2, 0.25) is 5.91 Å². The molecule has 0 radical (unpaired) electrons. The number of imidazole rings is 1. The first-order valence-electron chi connectivity index (χ1n) is 9.77. The molecule has 0 bridgehead atoms. The van der Waals surface area contributed by atoms with E-state index >= 15 is 0 Å². The highest BCUT2D eigenvalue weighted by atomic mass is 35.5. The Morgan fingerprint density at radius 1 is 1.17 bits per heavy atom. The molecule has 1 aromatic carbocycles. The van der Waals surface area contributed by atoms with Gasteiger partial charge in [-0.2, -0.15) is 0 Å². The first-order valence-corrected chi connectivity index (χ1v) is 10.6. The van der Waals surface area contributed by atoms with Gasteiger partial charge in [0.1, 0.15) is 0 Å². The molecule has 0 unspecified atom stereocenters. The maximum atomic E-state index is 12.5. The maximum Gasteiger partial charge on any atom is 0.243 e. The summed E-state index contributed by atoms with van der Waals surface area (Å²) in [6.07, 6.45) is 9.84. The van der Waals surface area contributed by atoms with Crippen molar-refractivity contribution < 1.29 is 4.79 Å². The Morgan fingerprint density at radius 3 is 2.73 bits per heavy atom. The maximum absolute atomic E-state index is 12.5. The number of carbonyl (C=O) groups is 1. The number of aryl methyl sites for hydroxylation is 2. The number of nitrogens with zero attached hydrogens (tertiary/aromatic N) is 3. The topological polar surface area (TPSA) is 85.8 Å². The molecule has 1 aliphatic rings. The number of carbonyl (C=O) groups excluding carboxylic acids is 1. The lowest BCUT2D eigenvalue weighted by Gasteiger charge is -2.09. The zero-order valence-electron chi connectivity index (χ0n) is 16.6. The van der Waals surface area contributed by atoms with Crippen LogP contribution in [-0.2, 0) is 30.6 Å². The van der Waals surface area contributed by atoms with Gasteiger partial charge in [0.15, 0.2) is 5.13 Å². The van der Waals surface area contributed by atoms with Gasteiger partial charge in [0.05, 0.1) is 23.8 Å². The Morgan fingerprint density at radius 2 is 1.93 bits per heavy atom. The van der Waals surface area contributed by atoms with Gasteiger partial charge in [0, 0.05) is 24.0 Å². The molecule has 1 amide bonds. The molecule has 4 rings (SSSR count). The van der Waals surface area contributed by atoms with Crippen LogP contribution in [0.15, 0.2) is 42.9 Å². The molecule has 30 heavy (non-hydrogen) atoms. The van der Waals surface area contributed by atoms with Crippen molar-refractivity contribution >= 4 is 47.2 Å². The Hall–Kier alpha value is -1.93. The number of aromatic nitrogens is 3. The van der Waals surface area contributed by atoms with Gasteiger partial charge in [-0.1, -0.05) is 36.8 Å². The zero-order chi connectivity index (χ0) is 19.3. The highest BCUT2D eigenvalue weighted by Crippen LogP contribution is 2.28. The van der Waals surface area contributed by atoms with Crippen LogP contribution < -0.4 is 11.1 Å². The van der Waals surface area contributed by atoms with Gasteiger partial charge in [-0.25, -0.2) is 9.97 Å². The molecular weight excluding hydrogens is 441 g/mol. The number of benzene rings is 1. The van der Waals surface area contributed by atoms with Crippen LogP contribution in [0.5, 0.6) is 0 Å². The van der Waals surface area contributed by atoms with Crippen LogP contribution in [0, 0.1) is 0 Å². The Bertz CT molecular complexity index is 921. The quantitative estimate of drug-likeness (QED) is 0.536. The van der Waals surface area contributed by atoms with Gasteiger partial charge in [0.25, 0.3) is 0 Å². The lowest BCUT2D eigenvalue weighted by molar-refractivity contribution is -0.117. The molecule has 0 spiro atoms. The number of nitrogens with two attached hydrogens (primary N) is 1. The molecule has 1 aliphatic carbocycles. The second-order valence-corrected chi connectivity index (χ2v) is 8.36. The normalized spacial score (nSPS) is 13.9. The lowest BCUT2D eigenvalue weighted by atomic mass is 10.1. The summed E-state index contributed by atoms with van der Waals surface area (Å²) in [6.45, 7) is 0.750. The first-order chi connectivity index (χ1) is 13.7. The molecule has 0 fully saturated rings. The summed E-state index contributed by atoms with van der Waals surface area (Å²) in [7, 11) is 0. The van der Waals surface area contributed by atoms with Gasteiger partial charge in [-0.05, 0) is 31.2 Å². The van der Waals surface area contributed by atoms with Crippen molar-refractivity contribution in [2.45, 2.75) is 51.1 Å². The van der Waals surface area contributed by atoms with E-state index in [1.54, 1.807) is 17.7 Å². The fourth-order valence-electron chi connectivity index (χ4n) is 3.49. The van der Waals surface area contributed by atoms with Crippen molar-refractivity contribution in [2.24, 2.45) is 5.73 Å². The van der Waals surface area contributed by atoms with Crippen molar-refractivity contribution in [3.63, 3.8) is 0 Å². The van der Waals surface area contributed by atoms with Crippen molar-refractivity contribution in [1.29, 1.82) is 0 Å². The summed E-state index contributed by atoms with van der Waals surface area (Å²) < 4.78 is 2.01. The first kappa shape index (κ1) is 24.3. The van der Waals surface area contributed by atoms with E-state index in [2.05, 4.69) is 27.4 Å². The average Bonchev–Trinajstić information content (AvgIpc) is 3.22. The van der Waals surface area contributed by atoms with E-state index in [9.17, 15) is 4.79 Å². The number of rotatable bonds is 6. The van der Waals surface area contributed by atoms with Crippen LogP contribution in [0.25, 0.3) is 0 Å². The standard InChI is InChI=1S/C21H25N5OS.2ClH/c22-17(11-16-13-26(14-23-16)12-15-7-3-1-4-8-15)20(27)25-21-24-18-9-5-2-6-10-19(18)28-21;;/h1,3-4,7-8,13-14,17H,2,5-6,9-12,22H2,(H,24,25,27);2*1H/t17-;;/m0../s1. The molecule has 9 heteroatoms. The highest BCUT2D eigenvalue weighted by molar-refractivity contribution is 7.15. The smallest absolute Gasteiger partial charge is 0.243 e. The summed E-state index contributed by atoms with van der Waals surface area (Å²) in [5.74, 6) is -0.207. The second kappa shape index (κ2) is 11.5. The van der Waals surface area contributed by atoms with E-state index in [4.69, 9.17) is 5.73 Å². The Balaban J connectivity index is 0.00000160. The zero-order valence-corrected chi connectivity index (χ0v) is 19.1. The predicted molar refractivity (Wildman–Crippen MR) is 126 cm³/mol. The largest absolute Gasteiger partial charge is 0.333 e. The van der Waals surface area contributed by atoms with Gasteiger partial charge >= 0.3 is 0 Å². The number of nitrogens with one attached hydrogen (secondary N) is 1. The van der Waals surface area contributed by atoms with Crippen LogP contribution in [0.3, 0.4) is 0 Å². The molecule has 3 aromatic rings. The third-order valence-corrected chi connectivity index (χ3v) is 6.06. The van der Waals surface area contributed by atoms with Crippen LogP contribution >= 0.6 is 36.2 Å². The molecular formula is C21H27Cl2N5OS. The van der Waals surface area contributed by atoms with E-state index < -0.39 is 6.04 Å². The van der Waals surface area contributed by atoms with Crippen molar-refractivity contribution in [3.8, 4) is 0 Å². The summed E-state index contributed by atoms with van der Waals surface area (Å²) in [6, 6.07) is 9.55. The minimum Gasteiger partial charge on any atom is -0.333 e. The second-order valence-electron chi connectivity index (χ2n) is 7.27. The van der Waals surface area contributed by atoms with E-state index in [1.165, 1.54) is 29.7 Å². The number of hydrogen-bond donors (Lipinski definition) is 2. The number of hydrogen-bond acceptors (Lipinski definition) is 5. The van der Waals surface area contributed by atoms with Gasteiger partial charge in [-0.15, -0.1) is 36.2 Å². The third-order valence-electron chi connectivity index (χ3n) is 4.99. The number of anilines is 1. The van der Waals surface area contributed by atoms with Gasteiger partial charge < -0.3 is 15.6 Å². The summed E-state index contributed by atoms with van der Waals surface area (Å²) in [4.78, 5) is 22.8. The lowest BCUT2D eigenvalue weighted by Crippen LogP contribution is -2.37. The number of thiazole rings is 1. The highest BCUT2D eigenvalue weighted by Gasteiger charge is 2.19. The fraction of sp³-hybridized carbons (Fsp3) is 0.381. The third kappa shape index (κ3) is 6.28. The summed E-state index contributed by atoms with van der Waals surface area (Å²) >= 11 is 1.59. The van der Waals surface area contributed by atoms with Crippen molar-refractivity contribution in [3.05, 3.63) is 64.7 Å². The molecule has 2 heterocycles. The van der Waals surface area contributed by atoms with Crippen molar-refractivity contribution in [1.82, 2.24) is 14.5 Å². The van der Waals surface area contributed by atoms with Gasteiger partial charge in [-0.3, -0.25) is 4.79 Å². The predicted octanol–water partition coefficient (Wildman–Crippen LogP) is 4.01. The SMILES string of the molecule is Cl.Cl.N[C@@H](Cc1cn(Cc2ccccc2)cn1)C(=O)Nc1nc2c(s1)CCCCC2. The van der Waals surface area contributed by atoms with Crippen LogP contribution in [0.4, 0.5) is 5.13 Å². The molecule has 0 aliphatic heterocycles. The molecule has 0 saturated heterocycles. The monoisotopic (exact) mass is 467 g/mol. The van der Waals surface area contributed by atoms with E-state index in [1.807, 2.05) is 29.0 Å². The number of halogens is 2. The minimum absolute atomic E-state index is 0. The molecule has 3 N–H and O–H groups in total.